The molecule has 9 nitrogen and oxygen atoms in total. The summed E-state index contributed by atoms with van der Waals surface area (Å²) in [5, 5.41) is 2.48. The van der Waals surface area contributed by atoms with Gasteiger partial charge in [-0.15, -0.1) is 0 Å². The molecule has 1 aliphatic rings. The predicted molar refractivity (Wildman–Crippen MR) is 97.5 cm³/mol. The fourth-order valence-electron chi connectivity index (χ4n) is 2.75. The Morgan fingerprint density at radius 2 is 1.68 bits per heavy atom. The van der Waals surface area contributed by atoms with E-state index in [4.69, 9.17) is 0 Å². The molecule has 2 rings (SSSR count). The lowest BCUT2D eigenvalue weighted by atomic mass is 9.99. The molecule has 150 valence electrons. The number of urea groups is 1. The molecule has 1 aliphatic heterocycles. The molecule has 1 heterocycles. The first-order valence-corrected chi connectivity index (χ1v) is 8.88. The van der Waals surface area contributed by atoms with E-state index in [1.54, 1.807) is 37.3 Å². The Morgan fingerprint density at radius 3 is 2.25 bits per heavy atom. The standard InChI is InChI=1S/C19H23N3O6/c1-4-12(2)15(18(26)28-3)20-14(23)11-22-17(25)16(24)21(19(22)27)10-13-8-6-5-7-9-13/h5-9,12,15H,4,10-11H2,1-3H3,(H,20,23)/t12-,15-/m1/s1. The van der Waals surface area contributed by atoms with Crippen molar-refractivity contribution in [2.75, 3.05) is 13.7 Å². The lowest BCUT2D eigenvalue weighted by Crippen LogP contribution is -2.50. The first-order valence-electron chi connectivity index (χ1n) is 8.88. The molecule has 0 unspecified atom stereocenters. The normalized spacial score (nSPS) is 16.2. The molecule has 1 N–H and O–H groups in total. The maximum atomic E-state index is 12.5. The first kappa shape index (κ1) is 21.1. The summed E-state index contributed by atoms with van der Waals surface area (Å²) in [6.45, 7) is 2.89. The second-order valence-electron chi connectivity index (χ2n) is 6.50. The third-order valence-electron chi connectivity index (χ3n) is 4.60. The average Bonchev–Trinajstić information content (AvgIpc) is 2.89. The van der Waals surface area contributed by atoms with Crippen LogP contribution in [0.1, 0.15) is 25.8 Å². The smallest absolute Gasteiger partial charge is 0.335 e. The van der Waals surface area contributed by atoms with Crippen LogP contribution in [0, 0.1) is 5.92 Å². The van der Waals surface area contributed by atoms with Crippen molar-refractivity contribution in [1.82, 2.24) is 15.1 Å². The first-order chi connectivity index (χ1) is 13.3. The molecule has 1 fully saturated rings. The van der Waals surface area contributed by atoms with Crippen LogP contribution < -0.4 is 5.32 Å². The molecule has 1 saturated heterocycles. The fourth-order valence-corrected chi connectivity index (χ4v) is 2.75. The number of amides is 5. The fraction of sp³-hybridized carbons (Fsp3) is 0.421. The van der Waals surface area contributed by atoms with Crippen LogP contribution in [-0.2, 0) is 30.5 Å². The summed E-state index contributed by atoms with van der Waals surface area (Å²) in [4.78, 5) is 62.3. The van der Waals surface area contributed by atoms with Gasteiger partial charge < -0.3 is 10.1 Å². The number of hydrogen-bond acceptors (Lipinski definition) is 6. The Bertz CT molecular complexity index is 779. The van der Waals surface area contributed by atoms with Crippen LogP contribution in [0.3, 0.4) is 0 Å². The van der Waals surface area contributed by atoms with Crippen LogP contribution >= 0.6 is 0 Å². The van der Waals surface area contributed by atoms with Crippen molar-refractivity contribution >= 4 is 29.7 Å². The summed E-state index contributed by atoms with van der Waals surface area (Å²) >= 11 is 0. The molecule has 0 aliphatic carbocycles. The lowest BCUT2D eigenvalue weighted by Gasteiger charge is -2.23. The number of ether oxygens (including phenoxy) is 1. The van der Waals surface area contributed by atoms with Crippen molar-refractivity contribution in [3.05, 3.63) is 35.9 Å². The zero-order valence-corrected chi connectivity index (χ0v) is 16.0. The minimum absolute atomic E-state index is 0.0694. The molecular weight excluding hydrogens is 366 g/mol. The van der Waals surface area contributed by atoms with Gasteiger partial charge in [-0.05, 0) is 11.5 Å². The van der Waals surface area contributed by atoms with Gasteiger partial charge in [0.2, 0.25) is 5.91 Å². The van der Waals surface area contributed by atoms with Crippen molar-refractivity contribution in [1.29, 1.82) is 0 Å². The molecule has 2 atom stereocenters. The van der Waals surface area contributed by atoms with Gasteiger partial charge in [-0.25, -0.2) is 14.5 Å². The largest absolute Gasteiger partial charge is 0.467 e. The number of nitrogens with one attached hydrogen (secondary N) is 1. The van der Waals surface area contributed by atoms with Crippen LogP contribution in [-0.4, -0.2) is 59.2 Å². The third-order valence-corrected chi connectivity index (χ3v) is 4.60. The summed E-state index contributed by atoms with van der Waals surface area (Å²) in [6.07, 6.45) is 0.602. The molecular formula is C19H23N3O6. The van der Waals surface area contributed by atoms with Crippen molar-refractivity contribution in [2.24, 2.45) is 5.92 Å². The number of esters is 1. The maximum Gasteiger partial charge on any atom is 0.335 e. The number of methoxy groups -OCH3 is 1. The van der Waals surface area contributed by atoms with E-state index in [1.807, 2.05) is 6.92 Å². The lowest BCUT2D eigenvalue weighted by molar-refractivity contribution is -0.147. The van der Waals surface area contributed by atoms with Crippen LogP contribution in [0.4, 0.5) is 4.79 Å². The zero-order valence-electron chi connectivity index (χ0n) is 16.0. The van der Waals surface area contributed by atoms with E-state index in [0.717, 1.165) is 4.90 Å². The topological polar surface area (TPSA) is 113 Å². The van der Waals surface area contributed by atoms with Gasteiger partial charge in [0.1, 0.15) is 12.6 Å². The van der Waals surface area contributed by atoms with Crippen LogP contribution in [0.25, 0.3) is 0 Å². The molecule has 28 heavy (non-hydrogen) atoms. The van der Waals surface area contributed by atoms with Gasteiger partial charge in [-0.3, -0.25) is 19.3 Å². The minimum Gasteiger partial charge on any atom is -0.467 e. The van der Waals surface area contributed by atoms with Gasteiger partial charge in [-0.2, -0.15) is 0 Å². The van der Waals surface area contributed by atoms with E-state index >= 15 is 0 Å². The van der Waals surface area contributed by atoms with E-state index in [1.165, 1.54) is 7.11 Å². The van der Waals surface area contributed by atoms with Crippen LogP contribution in [0.15, 0.2) is 30.3 Å². The molecule has 1 aromatic rings. The monoisotopic (exact) mass is 389 g/mol. The Labute approximate surface area is 162 Å². The summed E-state index contributed by atoms with van der Waals surface area (Å²) in [7, 11) is 1.21. The number of imide groups is 2. The molecule has 5 amide bonds. The van der Waals surface area contributed by atoms with Gasteiger partial charge >= 0.3 is 23.8 Å². The molecule has 1 aromatic carbocycles. The number of nitrogens with zero attached hydrogens (tertiary/aromatic N) is 2. The number of benzene rings is 1. The van der Waals surface area contributed by atoms with Gasteiger partial charge in [0.05, 0.1) is 13.7 Å². The average molecular weight is 389 g/mol. The van der Waals surface area contributed by atoms with Gasteiger partial charge in [0.25, 0.3) is 0 Å². The summed E-state index contributed by atoms with van der Waals surface area (Å²) in [5.41, 5.74) is 0.672. The highest BCUT2D eigenvalue weighted by Gasteiger charge is 2.45. The highest BCUT2D eigenvalue weighted by molar-refractivity contribution is 6.44. The summed E-state index contributed by atoms with van der Waals surface area (Å²) in [5.74, 6) is -3.63. The van der Waals surface area contributed by atoms with Crippen molar-refractivity contribution in [3.63, 3.8) is 0 Å². The van der Waals surface area contributed by atoms with Crippen LogP contribution in [0.5, 0.6) is 0 Å². The Kier molecular flexibility index (Phi) is 6.86. The number of hydrogen-bond donors (Lipinski definition) is 1. The molecule has 0 radical (unpaired) electrons. The molecule has 9 heteroatoms. The van der Waals surface area contributed by atoms with Crippen molar-refractivity contribution in [3.8, 4) is 0 Å². The van der Waals surface area contributed by atoms with E-state index in [0.29, 0.717) is 16.9 Å². The molecule has 0 spiro atoms. The second kappa shape index (κ2) is 9.12. The Morgan fingerprint density at radius 1 is 1.07 bits per heavy atom. The van der Waals surface area contributed by atoms with E-state index in [9.17, 15) is 24.0 Å². The maximum absolute atomic E-state index is 12.5. The van der Waals surface area contributed by atoms with Crippen molar-refractivity contribution < 1.29 is 28.7 Å². The SMILES string of the molecule is CC[C@@H](C)[C@@H](NC(=O)CN1C(=O)C(=O)N(Cc2ccccc2)C1=O)C(=O)OC. The highest BCUT2D eigenvalue weighted by atomic mass is 16.5. The zero-order chi connectivity index (χ0) is 20.8. The summed E-state index contributed by atoms with van der Waals surface area (Å²) < 4.78 is 4.69. The highest BCUT2D eigenvalue weighted by Crippen LogP contribution is 2.16. The molecule has 0 aromatic heterocycles. The molecule has 0 saturated carbocycles. The van der Waals surface area contributed by atoms with Gasteiger partial charge in [-0.1, -0.05) is 50.6 Å². The third kappa shape index (κ3) is 4.54. The molecule has 0 bridgehead atoms. The van der Waals surface area contributed by atoms with Crippen molar-refractivity contribution in [2.45, 2.75) is 32.9 Å². The Balaban J connectivity index is 2.07. The van der Waals surface area contributed by atoms with E-state index < -0.39 is 42.3 Å². The Hall–Kier alpha value is -3.23. The van der Waals surface area contributed by atoms with Gasteiger partial charge in [0, 0.05) is 0 Å². The number of carbonyl (C=O) groups excluding carboxylic acids is 5. The second-order valence-corrected chi connectivity index (χ2v) is 6.50. The quantitative estimate of drug-likeness (QED) is 0.397. The predicted octanol–water partition coefficient (Wildman–Crippen LogP) is 0.681. The van der Waals surface area contributed by atoms with Gasteiger partial charge in [0.15, 0.2) is 0 Å². The number of carbonyl (C=O) groups is 5. The number of rotatable bonds is 8. The minimum atomic E-state index is -1.07. The van der Waals surface area contributed by atoms with E-state index in [2.05, 4.69) is 10.1 Å². The van der Waals surface area contributed by atoms with E-state index in [-0.39, 0.29) is 12.5 Å². The van der Waals surface area contributed by atoms with Crippen LogP contribution in [0.2, 0.25) is 0 Å². The summed E-state index contributed by atoms with van der Waals surface area (Å²) in [6, 6.07) is 6.93.